The molecule has 1 fully saturated rings. The summed E-state index contributed by atoms with van der Waals surface area (Å²) in [6.07, 6.45) is 6.42. The van der Waals surface area contributed by atoms with Crippen molar-refractivity contribution in [3.05, 3.63) is 53.6 Å². The summed E-state index contributed by atoms with van der Waals surface area (Å²) in [7, 11) is 4.15. The standard InChI is InChI=1S/C21H30N4O2/c1-23(2)12-13-24-11-9-22-21(24)19-4-3-10-25(15-19)20(27)14-17-5-7-18(16-26)8-6-17/h5-9,11,19,26H,3-4,10,12-16H2,1-2H3/t19-/m1/s1. The summed E-state index contributed by atoms with van der Waals surface area (Å²) in [5, 5.41) is 9.14. The van der Waals surface area contributed by atoms with Crippen LogP contribution in [0.1, 0.15) is 35.7 Å². The van der Waals surface area contributed by atoms with Gasteiger partial charge in [0, 0.05) is 44.5 Å². The molecule has 6 heteroatoms. The third-order valence-corrected chi connectivity index (χ3v) is 5.24. The maximum absolute atomic E-state index is 12.8. The number of hydrogen-bond donors (Lipinski definition) is 1. The minimum atomic E-state index is 0.0303. The van der Waals surface area contributed by atoms with Crippen molar-refractivity contribution in [1.82, 2.24) is 19.4 Å². The van der Waals surface area contributed by atoms with Crippen LogP contribution in [-0.4, -0.2) is 64.1 Å². The van der Waals surface area contributed by atoms with Crippen molar-refractivity contribution in [3.8, 4) is 0 Å². The van der Waals surface area contributed by atoms with Gasteiger partial charge >= 0.3 is 0 Å². The summed E-state index contributed by atoms with van der Waals surface area (Å²) in [6, 6.07) is 7.62. The van der Waals surface area contributed by atoms with Gasteiger partial charge in [-0.1, -0.05) is 24.3 Å². The molecule has 1 aliphatic rings. The molecule has 2 aromatic rings. The third kappa shape index (κ3) is 5.17. The van der Waals surface area contributed by atoms with Gasteiger partial charge in [0.05, 0.1) is 13.0 Å². The fourth-order valence-corrected chi connectivity index (χ4v) is 3.64. The van der Waals surface area contributed by atoms with Crippen LogP contribution in [0.4, 0.5) is 0 Å². The maximum Gasteiger partial charge on any atom is 0.227 e. The zero-order chi connectivity index (χ0) is 19.2. The van der Waals surface area contributed by atoms with Crippen LogP contribution in [0, 0.1) is 0 Å². The molecule has 1 N–H and O–H groups in total. The molecule has 0 bridgehead atoms. The lowest BCUT2D eigenvalue weighted by Gasteiger charge is -2.33. The van der Waals surface area contributed by atoms with E-state index in [9.17, 15) is 4.79 Å². The number of imidazole rings is 1. The second-order valence-corrected chi connectivity index (χ2v) is 7.61. The number of aliphatic hydroxyl groups excluding tert-OH is 1. The van der Waals surface area contributed by atoms with Gasteiger partial charge in [0.2, 0.25) is 5.91 Å². The van der Waals surface area contributed by atoms with Crippen LogP contribution in [0.3, 0.4) is 0 Å². The van der Waals surface area contributed by atoms with E-state index >= 15 is 0 Å². The maximum atomic E-state index is 12.8. The Hall–Kier alpha value is -2.18. The number of carbonyl (C=O) groups excluding carboxylic acids is 1. The summed E-state index contributed by atoms with van der Waals surface area (Å²) in [5.41, 5.74) is 1.86. The number of aliphatic hydroxyl groups is 1. The number of aromatic nitrogens is 2. The number of rotatable bonds is 7. The summed E-state index contributed by atoms with van der Waals surface area (Å²) < 4.78 is 2.23. The van der Waals surface area contributed by atoms with Crippen molar-refractivity contribution < 1.29 is 9.90 Å². The molecule has 0 radical (unpaired) electrons. The van der Waals surface area contributed by atoms with Gasteiger partial charge < -0.3 is 19.5 Å². The molecular formula is C21H30N4O2. The molecule has 6 nitrogen and oxygen atoms in total. The average molecular weight is 370 g/mol. The highest BCUT2D eigenvalue weighted by atomic mass is 16.3. The normalized spacial score (nSPS) is 17.5. The van der Waals surface area contributed by atoms with Gasteiger partial charge in [-0.05, 0) is 38.1 Å². The molecule has 146 valence electrons. The quantitative estimate of drug-likeness (QED) is 0.808. The van der Waals surface area contributed by atoms with Crippen LogP contribution in [0.15, 0.2) is 36.7 Å². The molecule has 1 aromatic carbocycles. The molecule has 2 heterocycles. The molecule has 0 aliphatic carbocycles. The molecule has 0 saturated carbocycles. The van der Waals surface area contributed by atoms with Crippen molar-refractivity contribution in [3.63, 3.8) is 0 Å². The lowest BCUT2D eigenvalue weighted by Crippen LogP contribution is -2.40. The first-order valence-corrected chi connectivity index (χ1v) is 9.69. The zero-order valence-corrected chi connectivity index (χ0v) is 16.3. The van der Waals surface area contributed by atoms with E-state index < -0.39 is 0 Å². The van der Waals surface area contributed by atoms with Crippen LogP contribution in [-0.2, 0) is 24.4 Å². The number of benzene rings is 1. The van der Waals surface area contributed by atoms with Crippen LogP contribution in [0.25, 0.3) is 0 Å². The number of amides is 1. The Morgan fingerprint density at radius 3 is 2.70 bits per heavy atom. The predicted octanol–water partition coefficient (Wildman–Crippen LogP) is 1.89. The van der Waals surface area contributed by atoms with Crippen molar-refractivity contribution in [2.24, 2.45) is 0 Å². The Morgan fingerprint density at radius 2 is 2.00 bits per heavy atom. The van der Waals surface area contributed by atoms with E-state index in [-0.39, 0.29) is 12.5 Å². The Labute approximate surface area is 161 Å². The highest BCUT2D eigenvalue weighted by Crippen LogP contribution is 2.26. The Bertz CT molecular complexity index is 739. The molecule has 0 unspecified atom stereocenters. The van der Waals surface area contributed by atoms with E-state index in [2.05, 4.69) is 28.5 Å². The van der Waals surface area contributed by atoms with Crippen LogP contribution in [0.2, 0.25) is 0 Å². The van der Waals surface area contributed by atoms with Crippen molar-refractivity contribution >= 4 is 5.91 Å². The average Bonchev–Trinajstić information content (AvgIpc) is 3.15. The zero-order valence-electron chi connectivity index (χ0n) is 16.3. The summed E-state index contributed by atoms with van der Waals surface area (Å²) in [5.74, 6) is 1.57. The fourth-order valence-electron chi connectivity index (χ4n) is 3.64. The molecule has 1 amide bonds. The SMILES string of the molecule is CN(C)CCn1ccnc1[C@@H]1CCCN(C(=O)Cc2ccc(CO)cc2)C1. The van der Waals surface area contributed by atoms with Crippen molar-refractivity contribution in [2.75, 3.05) is 33.7 Å². The minimum absolute atomic E-state index is 0.0303. The second-order valence-electron chi connectivity index (χ2n) is 7.61. The van der Waals surface area contributed by atoms with E-state index in [1.54, 1.807) is 0 Å². The number of hydrogen-bond acceptors (Lipinski definition) is 4. The largest absolute Gasteiger partial charge is 0.392 e. The molecule has 3 rings (SSSR count). The second kappa shape index (κ2) is 9.15. The molecule has 1 saturated heterocycles. The Balaban J connectivity index is 1.62. The third-order valence-electron chi connectivity index (χ3n) is 5.24. The van der Waals surface area contributed by atoms with Crippen LogP contribution < -0.4 is 0 Å². The molecular weight excluding hydrogens is 340 g/mol. The van der Waals surface area contributed by atoms with E-state index in [1.165, 1.54) is 0 Å². The molecule has 1 atom stereocenters. The number of likely N-dealkylation sites (tertiary alicyclic amines) is 1. The van der Waals surface area contributed by atoms with Crippen LogP contribution in [0.5, 0.6) is 0 Å². The lowest BCUT2D eigenvalue weighted by molar-refractivity contribution is -0.131. The number of likely N-dealkylation sites (N-methyl/N-ethyl adjacent to an activating group) is 1. The van der Waals surface area contributed by atoms with Gasteiger partial charge in [0.15, 0.2) is 0 Å². The van der Waals surface area contributed by atoms with E-state index in [0.29, 0.717) is 12.3 Å². The van der Waals surface area contributed by atoms with Crippen molar-refractivity contribution in [2.45, 2.75) is 38.3 Å². The number of nitrogens with zero attached hydrogens (tertiary/aromatic N) is 4. The van der Waals surface area contributed by atoms with Gasteiger partial charge in [0.1, 0.15) is 5.82 Å². The molecule has 1 aliphatic heterocycles. The summed E-state index contributed by atoms with van der Waals surface area (Å²) >= 11 is 0. The van der Waals surface area contributed by atoms with Gasteiger partial charge in [-0.2, -0.15) is 0 Å². The first-order chi connectivity index (χ1) is 13.1. The summed E-state index contributed by atoms with van der Waals surface area (Å²) in [4.78, 5) is 21.5. The van der Waals surface area contributed by atoms with Gasteiger partial charge in [0.25, 0.3) is 0 Å². The highest BCUT2D eigenvalue weighted by molar-refractivity contribution is 5.79. The highest BCUT2D eigenvalue weighted by Gasteiger charge is 2.27. The first kappa shape index (κ1) is 19.6. The van der Waals surface area contributed by atoms with Crippen molar-refractivity contribution in [1.29, 1.82) is 0 Å². The number of piperidine rings is 1. The van der Waals surface area contributed by atoms with Crippen LogP contribution >= 0.6 is 0 Å². The minimum Gasteiger partial charge on any atom is -0.392 e. The molecule has 0 spiro atoms. The van der Waals surface area contributed by atoms with E-state index in [4.69, 9.17) is 5.11 Å². The molecule has 27 heavy (non-hydrogen) atoms. The summed E-state index contributed by atoms with van der Waals surface area (Å²) in [6.45, 7) is 3.49. The Kier molecular flexibility index (Phi) is 6.63. The van der Waals surface area contributed by atoms with Gasteiger partial charge in [-0.15, -0.1) is 0 Å². The van der Waals surface area contributed by atoms with E-state index in [0.717, 1.165) is 56.0 Å². The smallest absolute Gasteiger partial charge is 0.227 e. The first-order valence-electron chi connectivity index (χ1n) is 9.69. The fraction of sp³-hybridized carbons (Fsp3) is 0.524. The molecule has 1 aromatic heterocycles. The Morgan fingerprint density at radius 1 is 1.26 bits per heavy atom. The topological polar surface area (TPSA) is 61.6 Å². The lowest BCUT2D eigenvalue weighted by atomic mass is 9.96. The van der Waals surface area contributed by atoms with Gasteiger partial charge in [-0.25, -0.2) is 4.98 Å². The monoisotopic (exact) mass is 370 g/mol. The number of carbonyl (C=O) groups is 1. The predicted molar refractivity (Wildman–Crippen MR) is 105 cm³/mol. The van der Waals surface area contributed by atoms with E-state index in [1.807, 2.05) is 41.6 Å². The van der Waals surface area contributed by atoms with Gasteiger partial charge in [-0.3, -0.25) is 4.79 Å².